The maximum Gasteiger partial charge on any atom is 0.335 e. The quantitative estimate of drug-likeness (QED) is 0.587. The summed E-state index contributed by atoms with van der Waals surface area (Å²) in [6.07, 6.45) is 0. The fraction of sp³-hybridized carbons (Fsp3) is 0.100. The van der Waals surface area contributed by atoms with Crippen molar-refractivity contribution in [2.75, 3.05) is 5.32 Å². The van der Waals surface area contributed by atoms with E-state index in [-0.39, 0.29) is 33.5 Å². The fourth-order valence-electron chi connectivity index (χ4n) is 2.86. The highest BCUT2D eigenvalue weighted by Gasteiger charge is 2.26. The minimum atomic E-state index is -0.962. The number of hydrogen-bond acceptors (Lipinski definition) is 5. The lowest BCUT2D eigenvalue weighted by Crippen LogP contribution is -2.32. The van der Waals surface area contributed by atoms with Crippen LogP contribution in [0.25, 0.3) is 10.9 Å². The topological polar surface area (TPSA) is 118 Å². The molecule has 0 radical (unpaired) electrons. The Morgan fingerprint density at radius 2 is 1.66 bits per heavy atom. The third kappa shape index (κ3) is 3.84. The zero-order chi connectivity index (χ0) is 21.3. The van der Waals surface area contributed by atoms with Crippen LogP contribution in [0.1, 0.15) is 34.6 Å². The van der Waals surface area contributed by atoms with Crippen molar-refractivity contribution in [2.45, 2.75) is 13.8 Å². The van der Waals surface area contributed by atoms with E-state index in [1.54, 1.807) is 0 Å². The second-order valence-electron chi connectivity index (χ2n) is 6.27. The van der Waals surface area contributed by atoms with Crippen molar-refractivity contribution in [1.29, 1.82) is 0 Å². The molecular weight excluding hydrogens is 381 g/mol. The van der Waals surface area contributed by atoms with Gasteiger partial charge in [-0.05, 0) is 49.4 Å². The Morgan fingerprint density at radius 1 is 1.00 bits per heavy atom. The number of aromatic hydroxyl groups is 1. The summed E-state index contributed by atoms with van der Waals surface area (Å²) in [6, 6.07) is 8.17. The SMILES string of the molecule is CC(=O)NC(=O)n1c(O)c(C(=O)Nc2ccc(F)cc2)c2cc(C(C)=O)ccc21. The van der Waals surface area contributed by atoms with Gasteiger partial charge in [-0.25, -0.2) is 13.8 Å². The maximum absolute atomic E-state index is 13.1. The largest absolute Gasteiger partial charge is 0.494 e. The van der Waals surface area contributed by atoms with E-state index >= 15 is 0 Å². The first-order chi connectivity index (χ1) is 13.7. The van der Waals surface area contributed by atoms with Crippen LogP contribution in [0, 0.1) is 5.82 Å². The van der Waals surface area contributed by atoms with E-state index in [4.69, 9.17) is 0 Å². The summed E-state index contributed by atoms with van der Waals surface area (Å²) >= 11 is 0. The number of amides is 3. The number of carbonyl (C=O) groups is 4. The van der Waals surface area contributed by atoms with Crippen LogP contribution in [0.2, 0.25) is 0 Å². The Balaban J connectivity index is 2.16. The minimum absolute atomic E-state index is 0.121. The van der Waals surface area contributed by atoms with Crippen LogP contribution in [-0.4, -0.2) is 33.3 Å². The van der Waals surface area contributed by atoms with Crippen molar-refractivity contribution in [2.24, 2.45) is 0 Å². The summed E-state index contributed by atoms with van der Waals surface area (Å²) in [4.78, 5) is 48.2. The van der Waals surface area contributed by atoms with Crippen LogP contribution in [0.5, 0.6) is 5.88 Å². The number of halogens is 1. The third-order valence-electron chi connectivity index (χ3n) is 4.16. The number of carbonyl (C=O) groups excluding carboxylic acids is 4. The Labute approximate surface area is 163 Å². The lowest BCUT2D eigenvalue weighted by molar-refractivity contribution is -0.117. The molecule has 2 aromatic carbocycles. The molecule has 148 valence electrons. The van der Waals surface area contributed by atoms with Crippen LogP contribution in [0.4, 0.5) is 14.9 Å². The number of imide groups is 1. The Morgan fingerprint density at radius 3 is 2.24 bits per heavy atom. The molecule has 0 atom stereocenters. The van der Waals surface area contributed by atoms with E-state index in [0.29, 0.717) is 0 Å². The molecule has 8 nitrogen and oxygen atoms in total. The summed E-state index contributed by atoms with van der Waals surface area (Å²) in [7, 11) is 0. The molecule has 0 saturated carbocycles. The van der Waals surface area contributed by atoms with E-state index in [2.05, 4.69) is 5.32 Å². The van der Waals surface area contributed by atoms with Gasteiger partial charge < -0.3 is 10.4 Å². The molecule has 1 aromatic heterocycles. The molecule has 3 aromatic rings. The van der Waals surface area contributed by atoms with Gasteiger partial charge in [0.1, 0.15) is 11.4 Å². The molecule has 29 heavy (non-hydrogen) atoms. The second kappa shape index (κ2) is 7.55. The van der Waals surface area contributed by atoms with Crippen molar-refractivity contribution in [3.05, 3.63) is 59.4 Å². The van der Waals surface area contributed by atoms with Gasteiger partial charge in [0.05, 0.1) is 5.52 Å². The number of nitrogens with zero attached hydrogens (tertiary/aromatic N) is 1. The first-order valence-electron chi connectivity index (χ1n) is 8.46. The first kappa shape index (κ1) is 19.7. The molecular formula is C20H16FN3O5. The molecule has 3 rings (SSSR count). The zero-order valence-electron chi connectivity index (χ0n) is 15.4. The number of aromatic nitrogens is 1. The van der Waals surface area contributed by atoms with Gasteiger partial charge in [-0.1, -0.05) is 0 Å². The molecule has 9 heteroatoms. The highest BCUT2D eigenvalue weighted by Crippen LogP contribution is 2.33. The summed E-state index contributed by atoms with van der Waals surface area (Å²) in [5.74, 6) is -2.92. The summed E-state index contributed by atoms with van der Waals surface area (Å²) in [6.45, 7) is 2.45. The number of rotatable bonds is 3. The Bertz CT molecular complexity index is 1170. The Kier molecular flexibility index (Phi) is 5.14. The molecule has 0 fully saturated rings. The normalized spacial score (nSPS) is 10.6. The van der Waals surface area contributed by atoms with Crippen LogP contribution >= 0.6 is 0 Å². The lowest BCUT2D eigenvalue weighted by atomic mass is 10.1. The predicted molar refractivity (Wildman–Crippen MR) is 103 cm³/mol. The average molecular weight is 397 g/mol. The predicted octanol–water partition coefficient (Wildman–Crippen LogP) is 3.05. The van der Waals surface area contributed by atoms with E-state index in [0.717, 1.165) is 23.6 Å². The summed E-state index contributed by atoms with van der Waals surface area (Å²) in [5, 5.41) is 15.3. The monoisotopic (exact) mass is 397 g/mol. The number of fused-ring (bicyclic) bond motifs is 1. The molecule has 0 unspecified atom stereocenters. The summed E-state index contributed by atoms with van der Waals surface area (Å²) in [5.41, 5.74) is 0.367. The molecule has 0 aliphatic carbocycles. The van der Waals surface area contributed by atoms with Crippen LogP contribution in [0.15, 0.2) is 42.5 Å². The molecule has 1 heterocycles. The molecule has 0 saturated heterocycles. The Hall–Kier alpha value is -4.01. The summed E-state index contributed by atoms with van der Waals surface area (Å²) < 4.78 is 13.8. The molecule has 3 N–H and O–H groups in total. The van der Waals surface area contributed by atoms with E-state index in [1.165, 1.54) is 37.3 Å². The van der Waals surface area contributed by atoms with Crippen molar-refractivity contribution >= 4 is 40.2 Å². The highest BCUT2D eigenvalue weighted by atomic mass is 19.1. The van der Waals surface area contributed by atoms with Gasteiger partial charge in [0.25, 0.3) is 5.91 Å². The average Bonchev–Trinajstić information content (AvgIpc) is 2.94. The number of Topliss-reactive ketones (excluding diaryl/α,β-unsaturated/α-hetero) is 1. The van der Waals surface area contributed by atoms with Gasteiger partial charge in [0.2, 0.25) is 11.8 Å². The first-order valence-corrected chi connectivity index (χ1v) is 8.46. The number of benzene rings is 2. The smallest absolute Gasteiger partial charge is 0.335 e. The van der Waals surface area contributed by atoms with Crippen molar-refractivity contribution in [3.63, 3.8) is 0 Å². The number of anilines is 1. The van der Waals surface area contributed by atoms with Gasteiger partial charge in [0, 0.05) is 23.6 Å². The maximum atomic E-state index is 13.1. The lowest BCUT2D eigenvalue weighted by Gasteiger charge is -2.06. The van der Waals surface area contributed by atoms with Crippen LogP contribution < -0.4 is 10.6 Å². The van der Waals surface area contributed by atoms with Crippen LogP contribution in [-0.2, 0) is 4.79 Å². The van der Waals surface area contributed by atoms with Crippen molar-refractivity contribution < 1.29 is 28.7 Å². The van der Waals surface area contributed by atoms with Gasteiger partial charge in [-0.2, -0.15) is 0 Å². The highest BCUT2D eigenvalue weighted by molar-refractivity contribution is 6.18. The standard InChI is InChI=1S/C20H16FN3O5/c1-10(25)12-3-8-16-15(9-12)17(19(28)24(16)20(29)22-11(2)26)18(27)23-14-6-4-13(21)5-7-14/h3-9,28H,1-2H3,(H,23,27)(H,22,26,29). The second-order valence-corrected chi connectivity index (χ2v) is 6.27. The van der Waals surface area contributed by atoms with Gasteiger partial charge in [0.15, 0.2) is 5.78 Å². The van der Waals surface area contributed by atoms with Gasteiger partial charge >= 0.3 is 6.03 Å². The minimum Gasteiger partial charge on any atom is -0.494 e. The van der Waals surface area contributed by atoms with E-state index < -0.39 is 29.5 Å². The zero-order valence-corrected chi connectivity index (χ0v) is 15.4. The number of hydrogen-bond donors (Lipinski definition) is 3. The molecule has 3 amide bonds. The van der Waals surface area contributed by atoms with Gasteiger partial charge in [-0.15, -0.1) is 0 Å². The molecule has 0 aliphatic heterocycles. The van der Waals surface area contributed by atoms with E-state index in [1.807, 2.05) is 5.32 Å². The molecule has 0 aliphatic rings. The van der Waals surface area contributed by atoms with Crippen molar-refractivity contribution in [1.82, 2.24) is 9.88 Å². The molecule has 0 bridgehead atoms. The van der Waals surface area contributed by atoms with Gasteiger partial charge in [-0.3, -0.25) is 19.7 Å². The van der Waals surface area contributed by atoms with Crippen molar-refractivity contribution in [3.8, 4) is 5.88 Å². The number of ketones is 1. The number of nitrogens with one attached hydrogen (secondary N) is 2. The van der Waals surface area contributed by atoms with Crippen LogP contribution in [0.3, 0.4) is 0 Å². The molecule has 0 spiro atoms. The van der Waals surface area contributed by atoms with E-state index in [9.17, 15) is 28.7 Å². The fourth-order valence-corrected chi connectivity index (χ4v) is 2.86. The third-order valence-corrected chi connectivity index (χ3v) is 4.16.